The molecule has 0 aromatic rings. The predicted octanol–water partition coefficient (Wildman–Crippen LogP) is 1.80. The van der Waals surface area contributed by atoms with E-state index in [1.54, 1.807) is 6.92 Å². The summed E-state index contributed by atoms with van der Waals surface area (Å²) >= 11 is 0. The summed E-state index contributed by atoms with van der Waals surface area (Å²) in [6.45, 7) is 3.44. The molecule has 4 nitrogen and oxygen atoms in total. The molecule has 1 aliphatic carbocycles. The number of rotatable bonds is 2. The Morgan fingerprint density at radius 1 is 1.62 bits per heavy atom. The van der Waals surface area contributed by atoms with E-state index in [1.165, 1.54) is 0 Å². The van der Waals surface area contributed by atoms with Gasteiger partial charge in [0.2, 0.25) is 6.04 Å². The zero-order valence-corrected chi connectivity index (χ0v) is 8.08. The molecule has 0 aliphatic heterocycles. The first kappa shape index (κ1) is 10.2. The quantitative estimate of drug-likeness (QED) is 0.486. The Labute approximate surface area is 77.5 Å². The van der Waals surface area contributed by atoms with Gasteiger partial charge in [-0.2, -0.15) is 0 Å². The van der Waals surface area contributed by atoms with Crippen molar-refractivity contribution in [2.24, 2.45) is 5.41 Å². The van der Waals surface area contributed by atoms with Gasteiger partial charge in [0, 0.05) is 30.1 Å². The van der Waals surface area contributed by atoms with Crippen LogP contribution in [0.3, 0.4) is 0 Å². The minimum absolute atomic E-state index is 0.169. The molecular weight excluding hydrogens is 170 g/mol. The molecule has 2 atom stereocenters. The predicted molar refractivity (Wildman–Crippen MR) is 48.0 cm³/mol. The SMILES string of the molecule is CC([N+](=O)[O-])[C@]1(C)CCCC(=O)C1. The molecule has 1 unspecified atom stereocenters. The highest BCUT2D eigenvalue weighted by molar-refractivity contribution is 5.79. The van der Waals surface area contributed by atoms with Gasteiger partial charge in [0.1, 0.15) is 5.78 Å². The lowest BCUT2D eigenvalue weighted by Gasteiger charge is -2.32. The molecule has 0 spiro atoms. The number of nitro groups is 1. The van der Waals surface area contributed by atoms with Gasteiger partial charge in [-0.25, -0.2) is 0 Å². The maximum atomic E-state index is 11.2. The van der Waals surface area contributed by atoms with Gasteiger partial charge in [0.25, 0.3) is 0 Å². The van der Waals surface area contributed by atoms with Crippen molar-refractivity contribution >= 4 is 5.78 Å². The summed E-state index contributed by atoms with van der Waals surface area (Å²) in [4.78, 5) is 21.5. The summed E-state index contributed by atoms with van der Waals surface area (Å²) in [5.74, 6) is 0.169. The molecule has 1 rings (SSSR count). The van der Waals surface area contributed by atoms with Crippen LogP contribution < -0.4 is 0 Å². The lowest BCUT2D eigenvalue weighted by molar-refractivity contribution is -0.537. The molecule has 0 heterocycles. The van der Waals surface area contributed by atoms with Crippen molar-refractivity contribution in [2.45, 2.75) is 45.6 Å². The first-order valence-corrected chi connectivity index (χ1v) is 4.61. The van der Waals surface area contributed by atoms with Crippen molar-refractivity contribution in [3.05, 3.63) is 10.1 Å². The van der Waals surface area contributed by atoms with Gasteiger partial charge >= 0.3 is 0 Å². The van der Waals surface area contributed by atoms with Crippen LogP contribution in [0.4, 0.5) is 0 Å². The van der Waals surface area contributed by atoms with Gasteiger partial charge in [-0.1, -0.05) is 6.92 Å². The van der Waals surface area contributed by atoms with E-state index in [0.717, 1.165) is 12.8 Å². The molecule has 1 saturated carbocycles. The number of hydrogen-bond acceptors (Lipinski definition) is 3. The lowest BCUT2D eigenvalue weighted by Crippen LogP contribution is -2.40. The van der Waals surface area contributed by atoms with E-state index in [-0.39, 0.29) is 10.7 Å². The fourth-order valence-electron chi connectivity index (χ4n) is 1.93. The molecule has 0 aromatic carbocycles. The molecule has 4 heteroatoms. The highest BCUT2D eigenvalue weighted by Crippen LogP contribution is 2.38. The third kappa shape index (κ3) is 2.05. The van der Waals surface area contributed by atoms with Crippen LogP contribution in [-0.4, -0.2) is 16.7 Å². The molecule has 1 aliphatic rings. The third-order valence-corrected chi connectivity index (χ3v) is 3.13. The van der Waals surface area contributed by atoms with Crippen LogP contribution in [0.5, 0.6) is 0 Å². The standard InChI is InChI=1S/C9H15NO3/c1-7(10(12)13)9(2)5-3-4-8(11)6-9/h7H,3-6H2,1-2H3/t7?,9-/m1/s1. The Morgan fingerprint density at radius 2 is 2.23 bits per heavy atom. The molecule has 13 heavy (non-hydrogen) atoms. The monoisotopic (exact) mass is 185 g/mol. The summed E-state index contributed by atoms with van der Waals surface area (Å²) in [5, 5.41) is 10.6. The number of carbonyl (C=O) groups excluding carboxylic acids is 1. The zero-order chi connectivity index (χ0) is 10.1. The molecule has 0 N–H and O–H groups in total. The van der Waals surface area contributed by atoms with E-state index in [9.17, 15) is 14.9 Å². The van der Waals surface area contributed by atoms with Crippen LogP contribution in [0, 0.1) is 15.5 Å². The van der Waals surface area contributed by atoms with E-state index >= 15 is 0 Å². The maximum absolute atomic E-state index is 11.2. The smallest absolute Gasteiger partial charge is 0.216 e. The number of ketones is 1. The molecule has 0 saturated heterocycles. The largest absolute Gasteiger partial charge is 0.300 e. The second-order valence-corrected chi connectivity index (χ2v) is 4.18. The van der Waals surface area contributed by atoms with E-state index in [0.29, 0.717) is 12.8 Å². The van der Waals surface area contributed by atoms with E-state index in [2.05, 4.69) is 0 Å². The highest BCUT2D eigenvalue weighted by Gasteiger charge is 2.42. The number of Topliss-reactive ketones (excluding diaryl/α,β-unsaturated/α-hetero) is 1. The topological polar surface area (TPSA) is 60.2 Å². The molecular formula is C9H15NO3. The van der Waals surface area contributed by atoms with Gasteiger partial charge in [0.15, 0.2) is 0 Å². The lowest BCUT2D eigenvalue weighted by atomic mass is 9.71. The minimum Gasteiger partial charge on any atom is -0.300 e. The van der Waals surface area contributed by atoms with Crippen LogP contribution in [0.2, 0.25) is 0 Å². The van der Waals surface area contributed by atoms with Crippen molar-refractivity contribution < 1.29 is 9.72 Å². The Balaban J connectivity index is 2.74. The van der Waals surface area contributed by atoms with E-state index in [1.807, 2.05) is 6.92 Å². The minimum atomic E-state index is -0.614. The van der Waals surface area contributed by atoms with Crippen LogP contribution in [0.1, 0.15) is 39.5 Å². The summed E-state index contributed by atoms with van der Waals surface area (Å²) < 4.78 is 0. The second-order valence-electron chi connectivity index (χ2n) is 4.18. The average molecular weight is 185 g/mol. The van der Waals surface area contributed by atoms with Gasteiger partial charge in [-0.15, -0.1) is 0 Å². The molecule has 74 valence electrons. The first-order chi connectivity index (χ1) is 5.96. The first-order valence-electron chi connectivity index (χ1n) is 4.61. The van der Waals surface area contributed by atoms with Crippen molar-refractivity contribution in [1.82, 2.24) is 0 Å². The summed E-state index contributed by atoms with van der Waals surface area (Å²) in [5.41, 5.74) is -0.418. The molecule has 0 aromatic heterocycles. The summed E-state index contributed by atoms with van der Waals surface area (Å²) in [6, 6.07) is -0.614. The van der Waals surface area contributed by atoms with Crippen LogP contribution in [-0.2, 0) is 4.79 Å². The fourth-order valence-corrected chi connectivity index (χ4v) is 1.93. The van der Waals surface area contributed by atoms with Crippen LogP contribution in [0.15, 0.2) is 0 Å². The molecule has 0 amide bonds. The normalized spacial score (nSPS) is 31.4. The Kier molecular flexibility index (Phi) is 2.68. The number of hydrogen-bond donors (Lipinski definition) is 0. The Morgan fingerprint density at radius 3 is 2.69 bits per heavy atom. The zero-order valence-electron chi connectivity index (χ0n) is 8.08. The Bertz CT molecular complexity index is 237. The molecule has 0 bridgehead atoms. The van der Waals surface area contributed by atoms with E-state index < -0.39 is 11.5 Å². The number of nitrogens with zero attached hydrogens (tertiary/aromatic N) is 1. The molecule has 0 radical (unpaired) electrons. The van der Waals surface area contributed by atoms with Crippen molar-refractivity contribution in [3.63, 3.8) is 0 Å². The van der Waals surface area contributed by atoms with Crippen molar-refractivity contribution in [3.8, 4) is 0 Å². The van der Waals surface area contributed by atoms with Crippen LogP contribution >= 0.6 is 0 Å². The average Bonchev–Trinajstić information content (AvgIpc) is 2.02. The number of carbonyl (C=O) groups is 1. The highest BCUT2D eigenvalue weighted by atomic mass is 16.6. The van der Waals surface area contributed by atoms with Gasteiger partial charge in [0.05, 0.1) is 0 Å². The third-order valence-electron chi connectivity index (χ3n) is 3.13. The summed E-state index contributed by atoms with van der Waals surface area (Å²) in [6.07, 6.45) is 2.56. The van der Waals surface area contributed by atoms with E-state index in [4.69, 9.17) is 0 Å². The van der Waals surface area contributed by atoms with Gasteiger partial charge in [-0.05, 0) is 12.8 Å². The second kappa shape index (κ2) is 3.44. The molecule has 1 fully saturated rings. The van der Waals surface area contributed by atoms with Crippen LogP contribution in [0.25, 0.3) is 0 Å². The maximum Gasteiger partial charge on any atom is 0.216 e. The fraction of sp³-hybridized carbons (Fsp3) is 0.889. The van der Waals surface area contributed by atoms with Crippen molar-refractivity contribution in [2.75, 3.05) is 0 Å². The van der Waals surface area contributed by atoms with Gasteiger partial charge in [-0.3, -0.25) is 14.9 Å². The van der Waals surface area contributed by atoms with Crippen molar-refractivity contribution in [1.29, 1.82) is 0 Å². The van der Waals surface area contributed by atoms with Gasteiger partial charge < -0.3 is 0 Å². The Hall–Kier alpha value is -0.930. The summed E-state index contributed by atoms with van der Waals surface area (Å²) in [7, 11) is 0.